The fraction of sp³-hybridized carbons (Fsp3) is 0.111. The molecule has 0 aliphatic carbocycles. The Morgan fingerprint density at radius 2 is 1.44 bits per heavy atom. The lowest BCUT2D eigenvalue weighted by Crippen LogP contribution is -2.10. The summed E-state index contributed by atoms with van der Waals surface area (Å²) in [7, 11) is 0. The fourth-order valence-corrected chi connectivity index (χ4v) is 2.75. The van der Waals surface area contributed by atoms with Gasteiger partial charge in [0.1, 0.15) is 0 Å². The highest BCUT2D eigenvalue weighted by Gasteiger charge is 2.36. The number of carboxylic acids is 1. The van der Waals surface area contributed by atoms with Crippen LogP contribution >= 0.6 is 0 Å². The summed E-state index contributed by atoms with van der Waals surface area (Å²) >= 11 is 0. The van der Waals surface area contributed by atoms with Crippen LogP contribution in [-0.2, 0) is 12.4 Å². The van der Waals surface area contributed by atoms with Crippen LogP contribution in [0.1, 0.15) is 21.5 Å². The van der Waals surface area contributed by atoms with Crippen LogP contribution in [0, 0.1) is 0 Å². The minimum absolute atomic E-state index is 0.314. The Hall–Kier alpha value is -3.10. The normalized spacial score (nSPS) is 12.4. The van der Waals surface area contributed by atoms with Gasteiger partial charge in [0.05, 0.1) is 27.9 Å². The van der Waals surface area contributed by atoms with Crippen LogP contribution in [0.2, 0.25) is 0 Å². The third-order valence-corrected chi connectivity index (χ3v) is 3.88. The maximum absolute atomic E-state index is 13.3. The van der Waals surface area contributed by atoms with Gasteiger partial charge in [0.25, 0.3) is 0 Å². The molecule has 3 rings (SSSR count). The highest BCUT2D eigenvalue weighted by molar-refractivity contribution is 6.04. The van der Waals surface area contributed by atoms with Crippen molar-refractivity contribution in [2.45, 2.75) is 12.4 Å². The van der Waals surface area contributed by atoms with Gasteiger partial charge in [-0.25, -0.2) is 9.78 Å². The predicted molar refractivity (Wildman–Crippen MR) is 84.1 cm³/mol. The molecule has 0 atom stereocenters. The van der Waals surface area contributed by atoms with Crippen LogP contribution in [0.5, 0.6) is 0 Å². The van der Waals surface area contributed by atoms with Crippen molar-refractivity contribution in [1.82, 2.24) is 4.98 Å². The average molecular weight is 385 g/mol. The van der Waals surface area contributed by atoms with Gasteiger partial charge in [0, 0.05) is 10.9 Å². The number of fused-ring (bicyclic) bond motifs is 1. The summed E-state index contributed by atoms with van der Waals surface area (Å²) in [4.78, 5) is 15.3. The average Bonchev–Trinajstić information content (AvgIpc) is 2.58. The first kappa shape index (κ1) is 18.7. The topological polar surface area (TPSA) is 50.2 Å². The zero-order chi connectivity index (χ0) is 20.0. The number of carboxylic acid groups (broad SMARTS) is 1. The molecule has 27 heavy (non-hydrogen) atoms. The number of halogens is 6. The molecular formula is C18H9F6NO2. The molecule has 0 bridgehead atoms. The quantitative estimate of drug-likeness (QED) is 0.581. The third-order valence-electron chi connectivity index (χ3n) is 3.88. The van der Waals surface area contributed by atoms with Crippen LogP contribution in [0.15, 0.2) is 48.5 Å². The Bertz CT molecular complexity index is 1040. The van der Waals surface area contributed by atoms with Crippen molar-refractivity contribution >= 4 is 16.9 Å². The SMILES string of the molecule is O=C(O)c1cc(-c2ccccc2C(F)(F)F)nc2c(C(F)(F)F)cccc12. The number of para-hydroxylation sites is 1. The van der Waals surface area contributed by atoms with Gasteiger partial charge in [-0.05, 0) is 18.2 Å². The van der Waals surface area contributed by atoms with E-state index in [2.05, 4.69) is 4.98 Å². The van der Waals surface area contributed by atoms with Crippen molar-refractivity contribution in [2.24, 2.45) is 0 Å². The van der Waals surface area contributed by atoms with Crippen molar-refractivity contribution in [3.63, 3.8) is 0 Å². The smallest absolute Gasteiger partial charge is 0.418 e. The zero-order valence-corrected chi connectivity index (χ0v) is 13.2. The predicted octanol–water partition coefficient (Wildman–Crippen LogP) is 5.64. The summed E-state index contributed by atoms with van der Waals surface area (Å²) in [5.41, 5.74) is -4.67. The Labute approximate surface area is 147 Å². The third kappa shape index (κ3) is 3.44. The second-order valence-electron chi connectivity index (χ2n) is 5.60. The maximum Gasteiger partial charge on any atom is 0.418 e. The van der Waals surface area contributed by atoms with Crippen LogP contribution in [0.25, 0.3) is 22.2 Å². The Balaban J connectivity index is 2.42. The lowest BCUT2D eigenvalue weighted by Gasteiger charge is -2.15. The first-order valence-corrected chi connectivity index (χ1v) is 7.41. The van der Waals surface area contributed by atoms with Gasteiger partial charge in [0.15, 0.2) is 0 Å². The molecule has 0 fully saturated rings. The molecule has 0 amide bonds. The molecule has 3 nitrogen and oxygen atoms in total. The van der Waals surface area contributed by atoms with E-state index >= 15 is 0 Å². The van der Waals surface area contributed by atoms with Gasteiger partial charge in [-0.15, -0.1) is 0 Å². The largest absolute Gasteiger partial charge is 0.478 e. The molecule has 1 aromatic heterocycles. The van der Waals surface area contributed by atoms with Gasteiger partial charge in [-0.3, -0.25) is 0 Å². The molecule has 0 radical (unpaired) electrons. The molecule has 9 heteroatoms. The number of aromatic carboxylic acids is 1. The minimum Gasteiger partial charge on any atom is -0.478 e. The van der Waals surface area contributed by atoms with E-state index in [1.807, 2.05) is 0 Å². The Morgan fingerprint density at radius 1 is 0.852 bits per heavy atom. The van der Waals surface area contributed by atoms with Crippen molar-refractivity contribution in [1.29, 1.82) is 0 Å². The van der Waals surface area contributed by atoms with Gasteiger partial charge in [-0.2, -0.15) is 26.3 Å². The van der Waals surface area contributed by atoms with E-state index < -0.39 is 51.8 Å². The minimum atomic E-state index is -4.86. The Kier molecular flexibility index (Phi) is 4.33. The van der Waals surface area contributed by atoms with Gasteiger partial charge in [-0.1, -0.05) is 30.3 Å². The van der Waals surface area contributed by atoms with E-state index in [9.17, 15) is 36.2 Å². The van der Waals surface area contributed by atoms with Crippen molar-refractivity contribution in [3.05, 3.63) is 65.2 Å². The number of hydrogen-bond donors (Lipinski definition) is 1. The maximum atomic E-state index is 13.3. The lowest BCUT2D eigenvalue weighted by atomic mass is 9.98. The van der Waals surface area contributed by atoms with Gasteiger partial charge in [0.2, 0.25) is 0 Å². The number of alkyl halides is 6. The van der Waals surface area contributed by atoms with Crippen LogP contribution in [0.4, 0.5) is 26.3 Å². The summed E-state index contributed by atoms with van der Waals surface area (Å²) in [6.45, 7) is 0. The number of pyridine rings is 1. The van der Waals surface area contributed by atoms with Crippen molar-refractivity contribution < 1.29 is 36.2 Å². The molecule has 3 aromatic rings. The summed E-state index contributed by atoms with van der Waals surface area (Å²) in [6, 6.07) is 7.83. The van der Waals surface area contributed by atoms with Gasteiger partial charge < -0.3 is 5.11 Å². The number of nitrogens with zero attached hydrogens (tertiary/aromatic N) is 1. The molecule has 140 valence electrons. The monoisotopic (exact) mass is 385 g/mol. The van der Waals surface area contributed by atoms with E-state index in [0.717, 1.165) is 36.4 Å². The molecule has 1 heterocycles. The van der Waals surface area contributed by atoms with E-state index in [-0.39, 0.29) is 5.39 Å². The molecule has 0 aliphatic heterocycles. The number of aromatic nitrogens is 1. The fourth-order valence-electron chi connectivity index (χ4n) is 2.75. The Morgan fingerprint density at radius 3 is 2.04 bits per heavy atom. The molecule has 0 saturated carbocycles. The first-order valence-electron chi connectivity index (χ1n) is 7.41. The molecule has 1 N–H and O–H groups in total. The van der Waals surface area contributed by atoms with E-state index in [1.165, 1.54) is 6.07 Å². The molecule has 0 saturated heterocycles. The number of carbonyl (C=O) groups is 1. The second kappa shape index (κ2) is 6.26. The van der Waals surface area contributed by atoms with Crippen molar-refractivity contribution in [2.75, 3.05) is 0 Å². The summed E-state index contributed by atoms with van der Waals surface area (Å²) < 4.78 is 79.6. The molecule has 0 unspecified atom stereocenters. The highest BCUT2D eigenvalue weighted by Crippen LogP contribution is 2.39. The van der Waals surface area contributed by atoms with E-state index in [0.29, 0.717) is 6.07 Å². The van der Waals surface area contributed by atoms with Crippen molar-refractivity contribution in [3.8, 4) is 11.3 Å². The van der Waals surface area contributed by atoms with Crippen LogP contribution in [0.3, 0.4) is 0 Å². The number of benzene rings is 2. The zero-order valence-electron chi connectivity index (χ0n) is 13.2. The number of hydrogen-bond acceptors (Lipinski definition) is 2. The summed E-state index contributed by atoms with van der Waals surface area (Å²) in [5.74, 6) is -1.58. The summed E-state index contributed by atoms with van der Waals surface area (Å²) in [6.07, 6.45) is -9.65. The van der Waals surface area contributed by atoms with Gasteiger partial charge >= 0.3 is 18.3 Å². The lowest BCUT2D eigenvalue weighted by molar-refractivity contribution is -0.137. The standard InChI is InChI=1S/C18H9F6NO2/c19-17(20,21)12-6-2-1-4-10(12)14-8-11(16(26)27)9-5-3-7-13(15(9)25-14)18(22,23)24/h1-8H,(H,26,27). The second-order valence-corrected chi connectivity index (χ2v) is 5.60. The van der Waals surface area contributed by atoms with Crippen LogP contribution < -0.4 is 0 Å². The van der Waals surface area contributed by atoms with E-state index in [1.54, 1.807) is 0 Å². The van der Waals surface area contributed by atoms with E-state index in [4.69, 9.17) is 0 Å². The number of rotatable bonds is 2. The molecular weight excluding hydrogens is 376 g/mol. The molecule has 0 spiro atoms. The first-order chi connectivity index (χ1) is 12.5. The van der Waals surface area contributed by atoms with Crippen LogP contribution in [-0.4, -0.2) is 16.1 Å². The highest BCUT2D eigenvalue weighted by atomic mass is 19.4. The molecule has 0 aliphatic rings. The summed E-state index contributed by atoms with van der Waals surface area (Å²) in [5, 5.41) is 9.03. The molecule has 2 aromatic carbocycles.